The maximum atomic E-state index is 12.3. The molecular weight excluding hydrogens is 365 g/mol. The van der Waals surface area contributed by atoms with Gasteiger partial charge in [0.25, 0.3) is 5.91 Å². The van der Waals surface area contributed by atoms with Gasteiger partial charge in [-0.3, -0.25) is 4.79 Å². The van der Waals surface area contributed by atoms with Crippen molar-refractivity contribution in [2.24, 2.45) is 0 Å². The first-order valence-corrected chi connectivity index (χ1v) is 8.15. The lowest BCUT2D eigenvalue weighted by molar-refractivity contribution is -0.122. The maximum Gasteiger partial charge on any atom is 0.336 e. The van der Waals surface area contributed by atoms with Gasteiger partial charge in [-0.15, -0.1) is 0 Å². The molecule has 1 atom stereocenters. The minimum Gasteiger partial charge on any atom is -0.481 e. The van der Waals surface area contributed by atoms with Crippen molar-refractivity contribution >= 4 is 45.8 Å². The quantitative estimate of drug-likeness (QED) is 0.679. The fraction of sp³-hybridized carbons (Fsp3) is 0.111. The lowest BCUT2D eigenvalue weighted by Gasteiger charge is -2.15. The van der Waals surface area contributed by atoms with E-state index in [-0.39, 0.29) is 5.02 Å². The molecule has 1 N–H and O–H groups in total. The lowest BCUT2D eigenvalue weighted by atomic mass is 10.2. The second-order valence-corrected chi connectivity index (χ2v) is 6.09. The van der Waals surface area contributed by atoms with E-state index < -0.39 is 17.6 Å². The van der Waals surface area contributed by atoms with Crippen LogP contribution in [0.2, 0.25) is 10.0 Å². The number of fused-ring (bicyclic) bond motifs is 1. The predicted octanol–water partition coefficient (Wildman–Crippen LogP) is 4.51. The number of anilines is 1. The summed E-state index contributed by atoms with van der Waals surface area (Å²) in [6.45, 7) is 1.60. The Balaban J connectivity index is 1.75. The molecule has 0 aliphatic rings. The van der Waals surface area contributed by atoms with Crippen molar-refractivity contribution in [2.75, 3.05) is 5.32 Å². The zero-order valence-corrected chi connectivity index (χ0v) is 14.6. The van der Waals surface area contributed by atoms with E-state index >= 15 is 0 Å². The standard InChI is InChI=1S/C18H13Cl2NO4/c1-10(18(23)21-14-4-2-3-13(19)17(14)20)24-12-7-5-11-6-8-16(22)25-15(11)9-12/h2-10H,1H3,(H,21,23). The maximum absolute atomic E-state index is 12.3. The van der Waals surface area contributed by atoms with Crippen molar-refractivity contribution in [1.29, 1.82) is 0 Å². The Morgan fingerprint density at radius 3 is 2.72 bits per heavy atom. The molecule has 0 aliphatic carbocycles. The molecule has 1 aromatic heterocycles. The zero-order valence-electron chi connectivity index (χ0n) is 13.1. The van der Waals surface area contributed by atoms with Crippen LogP contribution < -0.4 is 15.7 Å². The molecular formula is C18H13Cl2NO4. The van der Waals surface area contributed by atoms with Crippen molar-refractivity contribution in [3.05, 3.63) is 69.0 Å². The highest BCUT2D eigenvalue weighted by Gasteiger charge is 2.17. The van der Waals surface area contributed by atoms with E-state index in [9.17, 15) is 9.59 Å². The minimum absolute atomic E-state index is 0.261. The summed E-state index contributed by atoms with van der Waals surface area (Å²) in [5.41, 5.74) is 0.334. The number of carbonyl (C=O) groups excluding carboxylic acids is 1. The van der Waals surface area contributed by atoms with Crippen LogP contribution in [-0.2, 0) is 4.79 Å². The van der Waals surface area contributed by atoms with E-state index in [1.165, 1.54) is 6.07 Å². The Bertz CT molecular complexity index is 1000. The first-order chi connectivity index (χ1) is 11.9. The number of hydrogen-bond donors (Lipinski definition) is 1. The van der Waals surface area contributed by atoms with Crippen LogP contribution in [0, 0.1) is 0 Å². The fourth-order valence-corrected chi connectivity index (χ4v) is 2.55. The summed E-state index contributed by atoms with van der Waals surface area (Å²) in [5, 5.41) is 4.03. The monoisotopic (exact) mass is 377 g/mol. The molecule has 2 aromatic carbocycles. The van der Waals surface area contributed by atoms with E-state index in [4.69, 9.17) is 32.4 Å². The van der Waals surface area contributed by atoms with Crippen molar-refractivity contribution < 1.29 is 13.9 Å². The molecule has 0 radical (unpaired) electrons. The van der Waals surface area contributed by atoms with E-state index in [0.717, 1.165) is 5.39 Å². The van der Waals surface area contributed by atoms with Crippen molar-refractivity contribution in [3.63, 3.8) is 0 Å². The molecule has 0 aliphatic heterocycles. The predicted molar refractivity (Wildman–Crippen MR) is 97.7 cm³/mol. The van der Waals surface area contributed by atoms with Gasteiger partial charge in [0.05, 0.1) is 15.7 Å². The number of amides is 1. The first kappa shape index (κ1) is 17.3. The third kappa shape index (κ3) is 3.95. The molecule has 128 valence electrons. The Hall–Kier alpha value is -2.50. The van der Waals surface area contributed by atoms with Crippen molar-refractivity contribution in [2.45, 2.75) is 13.0 Å². The topological polar surface area (TPSA) is 68.5 Å². The molecule has 25 heavy (non-hydrogen) atoms. The molecule has 7 heteroatoms. The molecule has 0 spiro atoms. The number of ether oxygens (including phenoxy) is 1. The third-order valence-corrected chi connectivity index (χ3v) is 4.31. The summed E-state index contributed by atoms with van der Waals surface area (Å²) >= 11 is 12.0. The number of nitrogens with one attached hydrogen (secondary N) is 1. The minimum atomic E-state index is -0.803. The number of carbonyl (C=O) groups is 1. The second-order valence-electron chi connectivity index (χ2n) is 5.30. The molecule has 0 saturated carbocycles. The van der Waals surface area contributed by atoms with Crippen LogP contribution in [0.25, 0.3) is 11.0 Å². The Morgan fingerprint density at radius 2 is 1.92 bits per heavy atom. The van der Waals surface area contributed by atoms with Crippen LogP contribution in [0.15, 0.2) is 57.7 Å². The highest BCUT2D eigenvalue weighted by molar-refractivity contribution is 6.44. The summed E-state index contributed by atoms with van der Waals surface area (Å²) < 4.78 is 10.7. The highest BCUT2D eigenvalue weighted by Crippen LogP contribution is 2.29. The summed E-state index contributed by atoms with van der Waals surface area (Å²) in [4.78, 5) is 23.6. The smallest absolute Gasteiger partial charge is 0.336 e. The molecule has 1 unspecified atom stereocenters. The molecule has 0 saturated heterocycles. The molecule has 0 bridgehead atoms. The highest BCUT2D eigenvalue weighted by atomic mass is 35.5. The van der Waals surface area contributed by atoms with Gasteiger partial charge in [-0.05, 0) is 37.3 Å². The normalized spacial score (nSPS) is 12.0. The number of rotatable bonds is 4. The van der Waals surface area contributed by atoms with Crippen LogP contribution in [-0.4, -0.2) is 12.0 Å². The van der Waals surface area contributed by atoms with Gasteiger partial charge in [0.1, 0.15) is 11.3 Å². The van der Waals surface area contributed by atoms with Gasteiger partial charge in [0.2, 0.25) is 0 Å². The van der Waals surface area contributed by atoms with E-state index in [0.29, 0.717) is 22.0 Å². The van der Waals surface area contributed by atoms with Gasteiger partial charge in [0.15, 0.2) is 6.10 Å². The fourth-order valence-electron chi connectivity index (χ4n) is 2.21. The largest absolute Gasteiger partial charge is 0.481 e. The average molecular weight is 378 g/mol. The Kier molecular flexibility index (Phi) is 4.97. The molecule has 5 nitrogen and oxygen atoms in total. The second kappa shape index (κ2) is 7.17. The molecule has 3 aromatic rings. The van der Waals surface area contributed by atoms with Gasteiger partial charge in [0, 0.05) is 17.5 Å². The molecule has 1 heterocycles. The van der Waals surface area contributed by atoms with E-state index in [1.54, 1.807) is 49.4 Å². The molecule has 3 rings (SSSR count). The number of halogens is 2. The SMILES string of the molecule is CC(Oc1ccc2ccc(=O)oc2c1)C(=O)Nc1cccc(Cl)c1Cl. The van der Waals surface area contributed by atoms with Gasteiger partial charge in [-0.25, -0.2) is 4.79 Å². The van der Waals surface area contributed by atoms with Crippen LogP contribution in [0.4, 0.5) is 5.69 Å². The average Bonchev–Trinajstić information content (AvgIpc) is 2.58. The van der Waals surface area contributed by atoms with E-state index in [1.807, 2.05) is 0 Å². The summed E-state index contributed by atoms with van der Waals surface area (Å²) in [7, 11) is 0. The molecule has 0 fully saturated rings. The van der Waals surface area contributed by atoms with Gasteiger partial charge < -0.3 is 14.5 Å². The van der Waals surface area contributed by atoms with E-state index in [2.05, 4.69) is 5.32 Å². The van der Waals surface area contributed by atoms with Crippen molar-refractivity contribution in [1.82, 2.24) is 0 Å². The van der Waals surface area contributed by atoms with Gasteiger partial charge in [-0.2, -0.15) is 0 Å². The third-order valence-electron chi connectivity index (χ3n) is 3.49. The summed E-state index contributed by atoms with van der Waals surface area (Å²) in [6.07, 6.45) is -0.803. The number of benzene rings is 2. The van der Waals surface area contributed by atoms with Crippen LogP contribution in [0.3, 0.4) is 0 Å². The summed E-state index contributed by atoms with van der Waals surface area (Å²) in [5.74, 6) is 0.0143. The Morgan fingerprint density at radius 1 is 1.16 bits per heavy atom. The van der Waals surface area contributed by atoms with Crippen LogP contribution in [0.1, 0.15) is 6.92 Å². The molecule has 1 amide bonds. The number of hydrogen-bond acceptors (Lipinski definition) is 4. The van der Waals surface area contributed by atoms with Crippen molar-refractivity contribution in [3.8, 4) is 5.75 Å². The Labute approximate surface area is 153 Å². The van der Waals surface area contributed by atoms with Crippen LogP contribution >= 0.6 is 23.2 Å². The van der Waals surface area contributed by atoms with Gasteiger partial charge >= 0.3 is 5.63 Å². The first-order valence-electron chi connectivity index (χ1n) is 7.39. The zero-order chi connectivity index (χ0) is 18.0. The van der Waals surface area contributed by atoms with Gasteiger partial charge in [-0.1, -0.05) is 29.3 Å². The van der Waals surface area contributed by atoms with Crippen LogP contribution in [0.5, 0.6) is 5.75 Å². The lowest BCUT2D eigenvalue weighted by Crippen LogP contribution is -2.30. The summed E-state index contributed by atoms with van der Waals surface area (Å²) in [6, 6.07) is 12.9.